The van der Waals surface area contributed by atoms with Crippen LogP contribution in [0.4, 0.5) is 0 Å². The van der Waals surface area contributed by atoms with Crippen molar-refractivity contribution in [3.8, 4) is 6.07 Å². The molecule has 0 saturated heterocycles. The second-order valence-electron chi connectivity index (χ2n) is 4.90. The molecule has 0 radical (unpaired) electrons. The van der Waals surface area contributed by atoms with Crippen molar-refractivity contribution in [1.29, 1.82) is 5.26 Å². The maximum Gasteiger partial charge on any atom is 0.0774 e. The van der Waals surface area contributed by atoms with Crippen molar-refractivity contribution in [3.05, 3.63) is 0 Å². The van der Waals surface area contributed by atoms with Gasteiger partial charge in [-0.25, -0.2) is 0 Å². The van der Waals surface area contributed by atoms with Gasteiger partial charge in [-0.1, -0.05) is 12.8 Å². The highest BCUT2D eigenvalue weighted by atomic mass is 16.3. The average Bonchev–Trinajstić information content (AvgIpc) is 2.59. The molecule has 86 valence electrons. The summed E-state index contributed by atoms with van der Waals surface area (Å²) in [6.07, 6.45) is 4.67. The third-order valence-electron chi connectivity index (χ3n) is 3.27. The molecule has 15 heavy (non-hydrogen) atoms. The largest absolute Gasteiger partial charge is 0.389 e. The molecule has 3 nitrogen and oxygen atoms in total. The first-order valence-corrected chi connectivity index (χ1v) is 5.91. The van der Waals surface area contributed by atoms with Gasteiger partial charge in [0.1, 0.15) is 0 Å². The summed E-state index contributed by atoms with van der Waals surface area (Å²) in [5, 5.41) is 18.9. The van der Waals surface area contributed by atoms with Gasteiger partial charge in [0.25, 0.3) is 0 Å². The molecule has 0 atom stereocenters. The summed E-state index contributed by atoms with van der Waals surface area (Å²) in [5.74, 6) is 0. The minimum absolute atomic E-state index is 0.406. The van der Waals surface area contributed by atoms with Crippen molar-refractivity contribution in [2.45, 2.75) is 57.6 Å². The number of nitrogens with zero attached hydrogens (tertiary/aromatic N) is 2. The highest BCUT2D eigenvalue weighted by Crippen LogP contribution is 2.30. The van der Waals surface area contributed by atoms with Gasteiger partial charge in [0, 0.05) is 25.6 Å². The zero-order chi connectivity index (χ0) is 11.3. The van der Waals surface area contributed by atoms with Crippen molar-refractivity contribution in [3.63, 3.8) is 0 Å². The predicted octanol–water partition coefficient (Wildman–Crippen LogP) is 1.92. The van der Waals surface area contributed by atoms with Crippen LogP contribution in [0.25, 0.3) is 0 Å². The van der Waals surface area contributed by atoms with Gasteiger partial charge in [-0.3, -0.25) is 4.90 Å². The van der Waals surface area contributed by atoms with Gasteiger partial charge in [0.05, 0.1) is 11.7 Å². The molecule has 0 heterocycles. The van der Waals surface area contributed by atoms with Crippen LogP contribution < -0.4 is 0 Å². The molecule has 1 N–H and O–H groups in total. The van der Waals surface area contributed by atoms with E-state index in [9.17, 15) is 5.11 Å². The molecule has 0 aromatic carbocycles. The lowest BCUT2D eigenvalue weighted by Gasteiger charge is -2.33. The summed E-state index contributed by atoms with van der Waals surface area (Å²) in [4.78, 5) is 2.22. The number of rotatable bonds is 5. The molecule has 0 unspecified atom stereocenters. The molecular formula is C12H22N2O. The van der Waals surface area contributed by atoms with E-state index in [0.717, 1.165) is 38.8 Å². The maximum absolute atomic E-state index is 10.3. The average molecular weight is 210 g/mol. The Bertz CT molecular complexity index is 226. The van der Waals surface area contributed by atoms with Gasteiger partial charge in [0.15, 0.2) is 0 Å². The third kappa shape index (κ3) is 3.81. The van der Waals surface area contributed by atoms with Crippen LogP contribution in [0.2, 0.25) is 0 Å². The van der Waals surface area contributed by atoms with Crippen LogP contribution in [0.1, 0.15) is 46.0 Å². The Morgan fingerprint density at radius 3 is 2.47 bits per heavy atom. The van der Waals surface area contributed by atoms with Crippen molar-refractivity contribution in [2.75, 3.05) is 13.1 Å². The molecule has 1 fully saturated rings. The van der Waals surface area contributed by atoms with Crippen LogP contribution in [0.3, 0.4) is 0 Å². The Balaban J connectivity index is 2.46. The molecule has 0 bridgehead atoms. The predicted molar refractivity (Wildman–Crippen MR) is 60.4 cm³/mol. The smallest absolute Gasteiger partial charge is 0.0774 e. The molecule has 0 amide bonds. The van der Waals surface area contributed by atoms with Crippen LogP contribution in [0, 0.1) is 11.3 Å². The Morgan fingerprint density at radius 2 is 2.00 bits per heavy atom. The Kier molecular flexibility index (Phi) is 4.56. The van der Waals surface area contributed by atoms with Crippen LogP contribution in [-0.4, -0.2) is 34.7 Å². The molecule has 3 heteroatoms. The maximum atomic E-state index is 10.3. The van der Waals surface area contributed by atoms with Crippen molar-refractivity contribution in [1.82, 2.24) is 4.90 Å². The van der Waals surface area contributed by atoms with Gasteiger partial charge >= 0.3 is 0 Å². The Hall–Kier alpha value is -0.590. The van der Waals surface area contributed by atoms with E-state index < -0.39 is 5.60 Å². The molecule has 0 aromatic heterocycles. The highest BCUT2D eigenvalue weighted by molar-refractivity contribution is 4.88. The fourth-order valence-electron chi connectivity index (χ4n) is 2.28. The summed E-state index contributed by atoms with van der Waals surface area (Å²) in [7, 11) is 0. The molecule has 1 aliphatic carbocycles. The fourth-order valence-corrected chi connectivity index (χ4v) is 2.28. The minimum Gasteiger partial charge on any atom is -0.389 e. The first kappa shape index (κ1) is 12.5. The fraction of sp³-hybridized carbons (Fsp3) is 0.917. The van der Waals surface area contributed by atoms with Crippen LogP contribution in [0.15, 0.2) is 0 Å². The molecule has 1 aliphatic rings. The Labute approximate surface area is 92.7 Å². The monoisotopic (exact) mass is 210 g/mol. The zero-order valence-corrected chi connectivity index (χ0v) is 9.87. The number of nitriles is 1. The number of hydrogen-bond donors (Lipinski definition) is 1. The second kappa shape index (κ2) is 5.48. The summed E-state index contributed by atoms with van der Waals surface area (Å²) in [6, 6.07) is 2.57. The minimum atomic E-state index is -0.486. The van der Waals surface area contributed by atoms with Gasteiger partial charge in [0.2, 0.25) is 0 Å². The summed E-state index contributed by atoms with van der Waals surface area (Å²) < 4.78 is 0. The quantitative estimate of drug-likeness (QED) is 0.754. The lowest BCUT2D eigenvalue weighted by molar-refractivity contribution is 0.00125. The van der Waals surface area contributed by atoms with Gasteiger partial charge in [-0.15, -0.1) is 0 Å². The first-order valence-electron chi connectivity index (χ1n) is 5.91. The first-order chi connectivity index (χ1) is 7.07. The van der Waals surface area contributed by atoms with Gasteiger partial charge < -0.3 is 5.11 Å². The van der Waals surface area contributed by atoms with E-state index in [0.29, 0.717) is 12.5 Å². The van der Waals surface area contributed by atoms with Crippen LogP contribution in [0.5, 0.6) is 0 Å². The molecule has 0 aliphatic heterocycles. The van der Waals surface area contributed by atoms with E-state index in [4.69, 9.17) is 5.26 Å². The third-order valence-corrected chi connectivity index (χ3v) is 3.27. The van der Waals surface area contributed by atoms with E-state index in [1.165, 1.54) is 0 Å². The van der Waals surface area contributed by atoms with Gasteiger partial charge in [-0.05, 0) is 26.7 Å². The normalized spacial score (nSPS) is 19.7. The number of hydrogen-bond acceptors (Lipinski definition) is 3. The van der Waals surface area contributed by atoms with E-state index in [-0.39, 0.29) is 0 Å². The summed E-state index contributed by atoms with van der Waals surface area (Å²) >= 11 is 0. The standard InChI is InChI=1S/C12H22N2O/c1-11(2)14(9-5-8-13)10-12(15)6-3-4-7-12/h11,15H,3-7,9-10H2,1-2H3. The van der Waals surface area contributed by atoms with Crippen molar-refractivity contribution >= 4 is 0 Å². The second-order valence-corrected chi connectivity index (χ2v) is 4.90. The van der Waals surface area contributed by atoms with Crippen LogP contribution >= 0.6 is 0 Å². The SMILES string of the molecule is CC(C)N(CCC#N)CC1(O)CCCC1. The van der Waals surface area contributed by atoms with Crippen molar-refractivity contribution < 1.29 is 5.11 Å². The number of aliphatic hydroxyl groups is 1. The Morgan fingerprint density at radius 1 is 1.40 bits per heavy atom. The van der Waals surface area contributed by atoms with Gasteiger partial charge in [-0.2, -0.15) is 5.26 Å². The highest BCUT2D eigenvalue weighted by Gasteiger charge is 2.33. The molecule has 1 saturated carbocycles. The molecular weight excluding hydrogens is 188 g/mol. The lowest BCUT2D eigenvalue weighted by atomic mass is 10.0. The van der Waals surface area contributed by atoms with E-state index in [1.54, 1.807) is 0 Å². The summed E-state index contributed by atoms with van der Waals surface area (Å²) in [5.41, 5.74) is -0.486. The molecule has 0 spiro atoms. The van der Waals surface area contributed by atoms with E-state index in [1.807, 2.05) is 0 Å². The van der Waals surface area contributed by atoms with E-state index >= 15 is 0 Å². The molecule has 1 rings (SSSR count). The van der Waals surface area contributed by atoms with E-state index in [2.05, 4.69) is 24.8 Å². The molecule has 0 aromatic rings. The van der Waals surface area contributed by atoms with Crippen LogP contribution in [-0.2, 0) is 0 Å². The summed E-state index contributed by atoms with van der Waals surface area (Å²) in [6.45, 7) is 5.74. The topological polar surface area (TPSA) is 47.3 Å². The lowest BCUT2D eigenvalue weighted by Crippen LogP contribution is -2.44. The van der Waals surface area contributed by atoms with Crippen molar-refractivity contribution in [2.24, 2.45) is 0 Å². The zero-order valence-electron chi connectivity index (χ0n) is 9.87.